The lowest BCUT2D eigenvalue weighted by molar-refractivity contribution is -0.137. The van der Waals surface area contributed by atoms with Crippen LogP contribution in [0.25, 0.3) is 0 Å². The summed E-state index contributed by atoms with van der Waals surface area (Å²) in [6.45, 7) is -0.0244. The summed E-state index contributed by atoms with van der Waals surface area (Å²) < 4.78 is 44.9. The molecule has 0 saturated carbocycles. The molecule has 0 unspecified atom stereocenters. The molecule has 0 spiro atoms. The number of benzene rings is 2. The van der Waals surface area contributed by atoms with E-state index >= 15 is 0 Å². The van der Waals surface area contributed by atoms with Gasteiger partial charge >= 0.3 is 5.97 Å². The van der Waals surface area contributed by atoms with Gasteiger partial charge in [0.1, 0.15) is 5.82 Å². The van der Waals surface area contributed by atoms with Crippen molar-refractivity contribution in [3.8, 4) is 12.3 Å². The zero-order valence-corrected chi connectivity index (χ0v) is 18.3. The normalized spacial score (nSPS) is 16.5. The second-order valence-corrected chi connectivity index (χ2v) is 9.01. The molecule has 33 heavy (non-hydrogen) atoms. The molecule has 0 aliphatic carbocycles. The van der Waals surface area contributed by atoms with E-state index in [9.17, 15) is 27.2 Å². The van der Waals surface area contributed by atoms with Crippen LogP contribution in [0.1, 0.15) is 40.0 Å². The summed E-state index contributed by atoms with van der Waals surface area (Å²) in [5.74, 6) is -0.435. The average molecular weight is 472 g/mol. The Balaban J connectivity index is 1.72. The molecule has 1 aliphatic heterocycles. The molecule has 172 valence electrons. The number of terminal acetylenes is 1. The summed E-state index contributed by atoms with van der Waals surface area (Å²) >= 11 is 0. The van der Waals surface area contributed by atoms with E-state index < -0.39 is 39.7 Å². The highest BCUT2D eigenvalue weighted by atomic mass is 32.2. The first-order chi connectivity index (χ1) is 15.7. The van der Waals surface area contributed by atoms with Crippen LogP contribution in [-0.2, 0) is 19.6 Å². The predicted octanol–water partition coefficient (Wildman–Crippen LogP) is 2.12. The van der Waals surface area contributed by atoms with Crippen LogP contribution in [0, 0.1) is 18.2 Å². The SMILES string of the molecule is C#CCNS(=O)(=O)c1ccc(C(=O)O[C@H]2CCCCN(C(=O)c3ccc(F)cc3)C2=O)cc1. The van der Waals surface area contributed by atoms with Gasteiger partial charge in [0, 0.05) is 12.1 Å². The number of carbonyl (C=O) groups excluding carboxylic acids is 3. The Morgan fingerprint density at radius 3 is 2.36 bits per heavy atom. The third-order valence-corrected chi connectivity index (χ3v) is 6.41. The van der Waals surface area contributed by atoms with Gasteiger partial charge in [0.25, 0.3) is 11.8 Å². The van der Waals surface area contributed by atoms with Crippen LogP contribution in [0.5, 0.6) is 0 Å². The average Bonchev–Trinajstić information content (AvgIpc) is 2.99. The van der Waals surface area contributed by atoms with E-state index in [1.54, 1.807) is 0 Å². The number of imide groups is 1. The van der Waals surface area contributed by atoms with Crippen LogP contribution in [-0.4, -0.2) is 50.3 Å². The van der Waals surface area contributed by atoms with E-state index in [-0.39, 0.29) is 35.5 Å². The largest absolute Gasteiger partial charge is 0.449 e. The molecular weight excluding hydrogens is 451 g/mol. The lowest BCUT2D eigenvalue weighted by Crippen LogP contribution is -2.43. The van der Waals surface area contributed by atoms with Gasteiger partial charge in [0.05, 0.1) is 17.0 Å². The highest BCUT2D eigenvalue weighted by Gasteiger charge is 2.34. The highest BCUT2D eigenvalue weighted by molar-refractivity contribution is 7.89. The van der Waals surface area contributed by atoms with Crippen molar-refractivity contribution in [2.24, 2.45) is 0 Å². The number of halogens is 1. The van der Waals surface area contributed by atoms with E-state index in [4.69, 9.17) is 11.2 Å². The molecule has 1 fully saturated rings. The molecule has 2 aromatic rings. The van der Waals surface area contributed by atoms with E-state index in [1.165, 1.54) is 36.4 Å². The number of rotatable bonds is 6. The quantitative estimate of drug-likeness (QED) is 0.392. The van der Waals surface area contributed by atoms with Gasteiger partial charge < -0.3 is 4.74 Å². The third-order valence-electron chi connectivity index (χ3n) is 4.99. The smallest absolute Gasteiger partial charge is 0.338 e. The maximum Gasteiger partial charge on any atom is 0.338 e. The zero-order valence-electron chi connectivity index (χ0n) is 17.5. The summed E-state index contributed by atoms with van der Waals surface area (Å²) in [5, 5.41) is 0. The lowest BCUT2D eigenvalue weighted by Gasteiger charge is -2.22. The van der Waals surface area contributed by atoms with E-state index in [2.05, 4.69) is 10.6 Å². The third kappa shape index (κ3) is 5.83. The highest BCUT2D eigenvalue weighted by Crippen LogP contribution is 2.20. The first kappa shape index (κ1) is 24.1. The Kier molecular flexibility index (Phi) is 7.58. The van der Waals surface area contributed by atoms with Gasteiger partial charge in [-0.05, 0) is 67.8 Å². The van der Waals surface area contributed by atoms with E-state index in [1.807, 2.05) is 0 Å². The molecule has 1 heterocycles. The van der Waals surface area contributed by atoms with Gasteiger partial charge in [-0.3, -0.25) is 14.5 Å². The molecule has 0 radical (unpaired) electrons. The Morgan fingerprint density at radius 1 is 1.09 bits per heavy atom. The van der Waals surface area contributed by atoms with E-state index in [0.717, 1.165) is 17.0 Å². The number of hydrogen-bond donors (Lipinski definition) is 1. The monoisotopic (exact) mass is 472 g/mol. The standard InChI is InChI=1S/C23H21FN2O6S/c1-2-14-25-33(30,31)19-12-8-17(9-13-19)23(29)32-20-5-3-4-15-26(22(20)28)21(27)16-6-10-18(24)11-7-16/h1,6-13,20,25H,3-5,14-15H2/t20-/m0/s1. The maximum atomic E-state index is 13.2. The van der Waals surface area contributed by atoms with Gasteiger partial charge in [-0.1, -0.05) is 5.92 Å². The molecule has 8 nitrogen and oxygen atoms in total. The van der Waals surface area contributed by atoms with Crippen LogP contribution in [0.3, 0.4) is 0 Å². The van der Waals surface area contributed by atoms with Crippen molar-refractivity contribution in [1.82, 2.24) is 9.62 Å². The fraction of sp³-hybridized carbons (Fsp3) is 0.261. The molecule has 3 rings (SSSR count). The summed E-state index contributed by atoms with van der Waals surface area (Å²) in [7, 11) is -3.82. The fourth-order valence-electron chi connectivity index (χ4n) is 3.25. The van der Waals surface area contributed by atoms with Crippen molar-refractivity contribution >= 4 is 27.8 Å². The van der Waals surface area contributed by atoms with Gasteiger partial charge in [-0.15, -0.1) is 6.42 Å². The first-order valence-corrected chi connectivity index (χ1v) is 11.6. The lowest BCUT2D eigenvalue weighted by atomic mass is 10.1. The van der Waals surface area contributed by atoms with Gasteiger partial charge in [0.2, 0.25) is 10.0 Å². The van der Waals surface area contributed by atoms with Gasteiger partial charge in [-0.25, -0.2) is 17.6 Å². The molecular formula is C23H21FN2O6S. The van der Waals surface area contributed by atoms with E-state index in [0.29, 0.717) is 12.8 Å². The molecule has 1 N–H and O–H groups in total. The number of esters is 1. The molecule has 2 aromatic carbocycles. The number of amides is 2. The van der Waals surface area contributed by atoms with Crippen LogP contribution in [0.15, 0.2) is 53.4 Å². The van der Waals surface area contributed by atoms with Crippen molar-refractivity contribution in [3.05, 3.63) is 65.5 Å². The molecule has 0 bridgehead atoms. The van der Waals surface area contributed by atoms with Crippen molar-refractivity contribution in [2.45, 2.75) is 30.3 Å². The number of likely N-dealkylation sites (tertiary alicyclic amines) is 1. The van der Waals surface area contributed by atoms with Gasteiger partial charge in [0.15, 0.2) is 6.10 Å². The molecule has 1 aliphatic rings. The minimum atomic E-state index is -3.82. The maximum absolute atomic E-state index is 13.2. The van der Waals surface area contributed by atoms with Crippen LogP contribution in [0.2, 0.25) is 0 Å². The number of sulfonamides is 1. The number of nitrogens with zero attached hydrogens (tertiary/aromatic N) is 1. The molecule has 1 atom stereocenters. The van der Waals surface area contributed by atoms with Crippen LogP contribution < -0.4 is 4.72 Å². The van der Waals surface area contributed by atoms with Crippen molar-refractivity contribution in [2.75, 3.05) is 13.1 Å². The molecule has 10 heteroatoms. The van der Waals surface area contributed by atoms with Crippen LogP contribution >= 0.6 is 0 Å². The summed E-state index contributed by atoms with van der Waals surface area (Å²) in [5.41, 5.74) is 0.186. The summed E-state index contributed by atoms with van der Waals surface area (Å²) in [6, 6.07) is 9.77. The minimum absolute atomic E-state index is 0.0411. The molecule has 2 amide bonds. The second-order valence-electron chi connectivity index (χ2n) is 7.24. The van der Waals surface area contributed by atoms with Crippen molar-refractivity contribution < 1.29 is 31.9 Å². The topological polar surface area (TPSA) is 110 Å². The first-order valence-electron chi connectivity index (χ1n) is 10.1. The predicted molar refractivity (Wildman–Crippen MR) is 116 cm³/mol. The fourth-order valence-corrected chi connectivity index (χ4v) is 4.19. The molecule has 1 saturated heterocycles. The summed E-state index contributed by atoms with van der Waals surface area (Å²) in [4.78, 5) is 39.2. The van der Waals surface area contributed by atoms with Crippen LogP contribution in [0.4, 0.5) is 4.39 Å². The Labute approximate surface area is 190 Å². The Hall–Kier alpha value is -3.55. The zero-order chi connectivity index (χ0) is 24.0. The number of carbonyl (C=O) groups is 3. The minimum Gasteiger partial charge on any atom is -0.449 e. The number of hydrogen-bond acceptors (Lipinski definition) is 6. The molecule has 0 aromatic heterocycles. The summed E-state index contributed by atoms with van der Waals surface area (Å²) in [6.07, 6.45) is 5.19. The van der Waals surface area contributed by atoms with Crippen molar-refractivity contribution in [3.63, 3.8) is 0 Å². The second kappa shape index (κ2) is 10.4. The Morgan fingerprint density at radius 2 is 1.73 bits per heavy atom. The number of ether oxygens (including phenoxy) is 1. The Bertz CT molecular complexity index is 1190. The van der Waals surface area contributed by atoms with Gasteiger partial charge in [-0.2, -0.15) is 4.72 Å². The van der Waals surface area contributed by atoms with Crippen molar-refractivity contribution in [1.29, 1.82) is 0 Å². The number of nitrogens with one attached hydrogen (secondary N) is 1.